The molecular weight excluding hydrogens is 562 g/mol. The molecule has 0 unspecified atom stereocenters. The smallest absolute Gasteiger partial charge is 0.264 e. The Balaban J connectivity index is 1.91. The number of rotatable bonds is 2. The Labute approximate surface area is 177 Å². The molecule has 25 heavy (non-hydrogen) atoms. The maximum Gasteiger partial charge on any atom is 0.264 e. The highest BCUT2D eigenvalue weighted by atomic mass is 127. The molecular formula is C18H14I2N2O2S. The van der Waals surface area contributed by atoms with Gasteiger partial charge in [-0.3, -0.25) is 4.79 Å². The standard InChI is InChI=1S/C18H14I2N2O2S/c1-9-3-4-14(10(2)5-9)21-18-22-17(24)15(25-18)7-11-6-12(19)8-13(20)16(11)23/h3-8,23H,1-2H3,(H,21,22,24)/b15-7-. The molecule has 0 saturated carbocycles. The Hall–Kier alpha value is -1.07. The number of nitrogens with one attached hydrogen (secondary N) is 1. The lowest BCUT2D eigenvalue weighted by molar-refractivity contribution is -0.115. The highest BCUT2D eigenvalue weighted by molar-refractivity contribution is 14.1. The Morgan fingerprint density at radius 2 is 1.96 bits per heavy atom. The molecule has 0 bridgehead atoms. The zero-order valence-corrected chi connectivity index (χ0v) is 18.6. The summed E-state index contributed by atoms with van der Waals surface area (Å²) in [4.78, 5) is 17.3. The Kier molecular flexibility index (Phi) is 5.74. The monoisotopic (exact) mass is 576 g/mol. The minimum atomic E-state index is -0.207. The first-order chi connectivity index (χ1) is 11.8. The number of thioether (sulfide) groups is 1. The van der Waals surface area contributed by atoms with Gasteiger partial charge in [0.25, 0.3) is 5.91 Å². The van der Waals surface area contributed by atoms with Crippen LogP contribution in [0.25, 0.3) is 6.08 Å². The van der Waals surface area contributed by atoms with E-state index < -0.39 is 0 Å². The molecule has 1 amide bonds. The fourth-order valence-electron chi connectivity index (χ4n) is 2.36. The van der Waals surface area contributed by atoms with E-state index in [0.717, 1.165) is 18.4 Å². The first-order valence-corrected chi connectivity index (χ1v) is 10.4. The maximum absolute atomic E-state index is 12.2. The van der Waals surface area contributed by atoms with Gasteiger partial charge in [-0.15, -0.1) is 0 Å². The number of phenols is 1. The van der Waals surface area contributed by atoms with Crippen molar-refractivity contribution in [1.82, 2.24) is 5.32 Å². The van der Waals surface area contributed by atoms with Crippen LogP contribution in [0.15, 0.2) is 40.2 Å². The van der Waals surface area contributed by atoms with Crippen LogP contribution in [-0.4, -0.2) is 16.2 Å². The van der Waals surface area contributed by atoms with Crippen molar-refractivity contribution < 1.29 is 9.90 Å². The Morgan fingerprint density at radius 3 is 2.68 bits per heavy atom. The molecule has 1 aliphatic heterocycles. The van der Waals surface area contributed by atoms with Gasteiger partial charge in [0.1, 0.15) is 5.75 Å². The molecule has 0 atom stereocenters. The summed E-state index contributed by atoms with van der Waals surface area (Å²) in [6, 6.07) is 9.73. The number of aromatic hydroxyl groups is 1. The van der Waals surface area contributed by atoms with Gasteiger partial charge in [-0.1, -0.05) is 17.7 Å². The van der Waals surface area contributed by atoms with Gasteiger partial charge in [0.05, 0.1) is 14.2 Å². The number of carbonyl (C=O) groups excluding carboxylic acids is 1. The van der Waals surface area contributed by atoms with Crippen LogP contribution in [0.3, 0.4) is 0 Å². The van der Waals surface area contributed by atoms with Crippen molar-refractivity contribution in [2.75, 3.05) is 0 Å². The molecule has 0 spiro atoms. The van der Waals surface area contributed by atoms with E-state index >= 15 is 0 Å². The van der Waals surface area contributed by atoms with Crippen LogP contribution in [0.5, 0.6) is 5.75 Å². The highest BCUT2D eigenvalue weighted by Gasteiger charge is 2.24. The van der Waals surface area contributed by atoms with Crippen molar-refractivity contribution in [2.24, 2.45) is 4.99 Å². The number of amides is 1. The van der Waals surface area contributed by atoms with Crippen LogP contribution >= 0.6 is 56.9 Å². The summed E-state index contributed by atoms with van der Waals surface area (Å²) >= 11 is 5.54. The quantitative estimate of drug-likeness (QED) is 0.386. The summed E-state index contributed by atoms with van der Waals surface area (Å²) in [5.41, 5.74) is 3.70. The van der Waals surface area contributed by atoms with Gasteiger partial charge in [0, 0.05) is 9.13 Å². The van der Waals surface area contributed by atoms with Crippen LogP contribution in [-0.2, 0) is 4.79 Å². The molecule has 0 aliphatic carbocycles. The number of hydrogen-bond acceptors (Lipinski definition) is 4. The van der Waals surface area contributed by atoms with Gasteiger partial charge < -0.3 is 10.4 Å². The largest absolute Gasteiger partial charge is 0.506 e. The van der Waals surface area contributed by atoms with Gasteiger partial charge in [-0.05, 0) is 101 Å². The summed E-state index contributed by atoms with van der Waals surface area (Å²) in [5, 5.41) is 13.5. The predicted molar refractivity (Wildman–Crippen MR) is 120 cm³/mol. The predicted octanol–water partition coefficient (Wildman–Crippen LogP) is 5.11. The molecule has 2 aromatic carbocycles. The molecule has 1 aliphatic rings. The van der Waals surface area contributed by atoms with Crippen LogP contribution in [0, 0.1) is 21.0 Å². The molecule has 3 rings (SSSR count). The van der Waals surface area contributed by atoms with E-state index in [1.165, 1.54) is 17.3 Å². The van der Waals surface area contributed by atoms with Crippen LogP contribution < -0.4 is 5.32 Å². The number of nitrogens with zero attached hydrogens (tertiary/aromatic N) is 1. The molecule has 1 heterocycles. The van der Waals surface area contributed by atoms with Crippen molar-refractivity contribution in [2.45, 2.75) is 13.8 Å². The number of hydrogen-bond donors (Lipinski definition) is 2. The van der Waals surface area contributed by atoms with Crippen LogP contribution in [0.1, 0.15) is 16.7 Å². The zero-order chi connectivity index (χ0) is 18.1. The number of benzene rings is 2. The van der Waals surface area contributed by atoms with Crippen molar-refractivity contribution in [3.05, 3.63) is 59.1 Å². The molecule has 0 radical (unpaired) electrons. The third kappa shape index (κ3) is 4.37. The molecule has 128 valence electrons. The highest BCUT2D eigenvalue weighted by Crippen LogP contribution is 2.33. The van der Waals surface area contributed by atoms with E-state index in [1.807, 2.05) is 38.1 Å². The lowest BCUT2D eigenvalue weighted by Crippen LogP contribution is -2.19. The molecule has 1 fully saturated rings. The van der Waals surface area contributed by atoms with E-state index in [2.05, 4.69) is 61.6 Å². The van der Waals surface area contributed by atoms with E-state index in [4.69, 9.17) is 0 Å². The number of amidine groups is 1. The average Bonchev–Trinajstić information content (AvgIpc) is 2.87. The van der Waals surface area contributed by atoms with Gasteiger partial charge in [0.15, 0.2) is 5.17 Å². The summed E-state index contributed by atoms with van der Waals surface area (Å²) in [6.07, 6.45) is 1.70. The van der Waals surface area contributed by atoms with E-state index in [1.54, 1.807) is 6.08 Å². The lowest BCUT2D eigenvalue weighted by atomic mass is 10.1. The average molecular weight is 576 g/mol. The summed E-state index contributed by atoms with van der Waals surface area (Å²) in [7, 11) is 0. The van der Waals surface area contributed by atoms with Crippen molar-refractivity contribution in [3.63, 3.8) is 0 Å². The minimum Gasteiger partial charge on any atom is -0.506 e. The third-order valence-electron chi connectivity index (χ3n) is 3.57. The van der Waals surface area contributed by atoms with Crippen molar-refractivity contribution in [3.8, 4) is 5.75 Å². The number of aryl methyl sites for hydroxylation is 2. The SMILES string of the molecule is Cc1ccc(N=C2NC(=O)/C(=C/c3cc(I)cc(I)c3O)S2)c(C)c1. The second-order valence-corrected chi connectivity index (χ2v) is 9.04. The summed E-state index contributed by atoms with van der Waals surface area (Å²) < 4.78 is 1.75. The number of halogens is 2. The van der Waals surface area contributed by atoms with Gasteiger partial charge >= 0.3 is 0 Å². The van der Waals surface area contributed by atoms with Crippen LogP contribution in [0.2, 0.25) is 0 Å². The van der Waals surface area contributed by atoms with E-state index in [0.29, 0.717) is 15.6 Å². The molecule has 2 aromatic rings. The van der Waals surface area contributed by atoms with Gasteiger partial charge in [-0.2, -0.15) is 0 Å². The lowest BCUT2D eigenvalue weighted by Gasteiger charge is -2.04. The van der Waals surface area contributed by atoms with Gasteiger partial charge in [0.2, 0.25) is 0 Å². The van der Waals surface area contributed by atoms with Crippen LogP contribution in [0.4, 0.5) is 5.69 Å². The second-order valence-electron chi connectivity index (χ2n) is 5.60. The number of carbonyl (C=O) groups is 1. The Morgan fingerprint density at radius 1 is 1.20 bits per heavy atom. The van der Waals surface area contributed by atoms with Crippen molar-refractivity contribution in [1.29, 1.82) is 0 Å². The normalized spacial score (nSPS) is 17.4. The molecule has 1 saturated heterocycles. The summed E-state index contributed by atoms with van der Waals surface area (Å²) in [6.45, 7) is 4.03. The minimum absolute atomic E-state index is 0.182. The Bertz CT molecular complexity index is 939. The van der Waals surface area contributed by atoms with Gasteiger partial charge in [-0.25, -0.2) is 4.99 Å². The molecule has 2 N–H and O–H groups in total. The molecule has 0 aromatic heterocycles. The van der Waals surface area contributed by atoms with E-state index in [9.17, 15) is 9.90 Å². The number of aliphatic imine (C=N–C) groups is 1. The first-order valence-electron chi connectivity index (χ1n) is 7.38. The topological polar surface area (TPSA) is 61.7 Å². The molecule has 4 nitrogen and oxygen atoms in total. The fourth-order valence-corrected chi connectivity index (χ4v) is 5.07. The van der Waals surface area contributed by atoms with Crippen molar-refractivity contribution >= 4 is 79.8 Å². The third-order valence-corrected chi connectivity index (χ3v) is 5.92. The maximum atomic E-state index is 12.2. The summed E-state index contributed by atoms with van der Waals surface area (Å²) in [5.74, 6) is -0.0246. The second kappa shape index (κ2) is 7.67. The zero-order valence-electron chi connectivity index (χ0n) is 13.4. The van der Waals surface area contributed by atoms with E-state index in [-0.39, 0.29) is 11.7 Å². The number of phenolic OH excluding ortho intramolecular Hbond substituents is 1. The fraction of sp³-hybridized carbons (Fsp3) is 0.111. The molecule has 7 heteroatoms. The first kappa shape index (κ1) is 18.7.